The van der Waals surface area contributed by atoms with Crippen molar-refractivity contribution >= 4 is 28.7 Å². The highest BCUT2D eigenvalue weighted by Gasteiger charge is 2.53. The second kappa shape index (κ2) is 5.98. The van der Waals surface area contributed by atoms with Crippen molar-refractivity contribution in [2.24, 2.45) is 11.3 Å². The number of hydrogen-bond acceptors (Lipinski definition) is 6. The number of esters is 1. The Bertz CT molecular complexity index is 964. The maximum Gasteiger partial charge on any atom is 0.347 e. The summed E-state index contributed by atoms with van der Waals surface area (Å²) < 4.78 is 6.88. The van der Waals surface area contributed by atoms with E-state index in [-0.39, 0.29) is 16.1 Å². The third kappa shape index (κ3) is 2.61. The van der Waals surface area contributed by atoms with E-state index in [4.69, 9.17) is 17.0 Å². The van der Waals surface area contributed by atoms with Gasteiger partial charge >= 0.3 is 11.7 Å². The van der Waals surface area contributed by atoms with E-state index in [1.54, 1.807) is 19.1 Å². The van der Waals surface area contributed by atoms with E-state index in [2.05, 4.69) is 0 Å². The SMILES string of the molecule is CC1=C(n2ccccc2=O)C2=C([N+](=O)[O-])C(=S)C1C(C(C)(C)C)OC2=O. The Labute approximate surface area is 155 Å². The van der Waals surface area contributed by atoms with Crippen LogP contribution in [0.2, 0.25) is 0 Å². The van der Waals surface area contributed by atoms with Crippen molar-refractivity contribution < 1.29 is 14.5 Å². The minimum Gasteiger partial charge on any atom is -0.457 e. The van der Waals surface area contributed by atoms with Crippen LogP contribution in [0.3, 0.4) is 0 Å². The zero-order chi connectivity index (χ0) is 19.4. The van der Waals surface area contributed by atoms with Crippen molar-refractivity contribution in [3.05, 3.63) is 61.7 Å². The van der Waals surface area contributed by atoms with Gasteiger partial charge < -0.3 is 4.74 Å². The highest BCUT2D eigenvalue weighted by molar-refractivity contribution is 7.80. The van der Waals surface area contributed by atoms with E-state index < -0.39 is 39.6 Å². The van der Waals surface area contributed by atoms with Crippen LogP contribution in [-0.2, 0) is 9.53 Å². The normalized spacial score (nSPS) is 23.2. The Hall–Kier alpha value is -2.61. The first kappa shape index (κ1) is 18.2. The molecule has 2 bridgehead atoms. The average Bonchev–Trinajstić information content (AvgIpc) is 2.71. The Kier molecular flexibility index (Phi) is 4.18. The maximum atomic E-state index is 12.8. The molecule has 0 saturated carbocycles. The molecule has 1 aromatic rings. The van der Waals surface area contributed by atoms with Gasteiger partial charge in [0.2, 0.25) is 0 Å². The van der Waals surface area contributed by atoms with E-state index >= 15 is 0 Å². The van der Waals surface area contributed by atoms with Gasteiger partial charge in [0.1, 0.15) is 11.0 Å². The third-order valence-electron chi connectivity index (χ3n) is 4.67. The molecule has 0 spiro atoms. The second-order valence-electron chi connectivity index (χ2n) is 7.46. The van der Waals surface area contributed by atoms with Crippen molar-refractivity contribution in [3.8, 4) is 0 Å². The van der Waals surface area contributed by atoms with Gasteiger partial charge in [-0.25, -0.2) is 4.79 Å². The number of carbonyl (C=O) groups excluding carboxylic acids is 1. The molecule has 3 heterocycles. The quantitative estimate of drug-likeness (QED) is 0.342. The molecule has 3 aliphatic rings. The summed E-state index contributed by atoms with van der Waals surface area (Å²) in [4.78, 5) is 36.3. The number of hydrogen-bond donors (Lipinski definition) is 0. The molecule has 26 heavy (non-hydrogen) atoms. The number of nitrogens with zero attached hydrogens (tertiary/aromatic N) is 2. The van der Waals surface area contributed by atoms with Gasteiger partial charge in [-0.05, 0) is 24.0 Å². The number of rotatable bonds is 2. The summed E-state index contributed by atoms with van der Waals surface area (Å²) in [5.41, 5.74) is -0.783. The fraction of sp³-hybridized carbons (Fsp3) is 0.389. The predicted molar refractivity (Wildman–Crippen MR) is 99.0 cm³/mol. The molecule has 0 N–H and O–H groups in total. The zero-order valence-corrected chi connectivity index (χ0v) is 15.6. The van der Waals surface area contributed by atoms with Gasteiger partial charge in [-0.3, -0.25) is 19.5 Å². The van der Waals surface area contributed by atoms with Crippen LogP contribution in [0.5, 0.6) is 0 Å². The molecule has 0 amide bonds. The molecule has 136 valence electrons. The van der Waals surface area contributed by atoms with Crippen molar-refractivity contribution in [2.75, 3.05) is 0 Å². The molecule has 0 radical (unpaired) electrons. The van der Waals surface area contributed by atoms with Gasteiger partial charge in [-0.2, -0.15) is 0 Å². The maximum absolute atomic E-state index is 12.8. The fourth-order valence-corrected chi connectivity index (χ4v) is 3.98. The number of aromatic nitrogens is 1. The molecule has 7 nitrogen and oxygen atoms in total. The van der Waals surface area contributed by atoms with E-state index in [1.807, 2.05) is 20.8 Å². The fourth-order valence-electron chi connectivity index (χ4n) is 3.50. The molecule has 8 heteroatoms. The number of thiocarbonyl (C=S) groups is 1. The van der Waals surface area contributed by atoms with Crippen LogP contribution < -0.4 is 5.56 Å². The van der Waals surface area contributed by atoms with Crippen LogP contribution in [0.15, 0.2) is 46.0 Å². The number of allylic oxidation sites excluding steroid dienone is 1. The standard InChI is InChI=1S/C18H18N2O5S/c1-9-11-15(26)14(20(23)24)12(17(22)25-16(11)18(2,3)4)13(9)19-8-6-5-7-10(19)21/h5-8,11,16H,1-4H3. The van der Waals surface area contributed by atoms with Crippen molar-refractivity contribution in [1.82, 2.24) is 4.57 Å². The minimum absolute atomic E-state index is 0.0704. The lowest BCUT2D eigenvalue weighted by molar-refractivity contribution is -0.415. The first-order chi connectivity index (χ1) is 12.1. The highest BCUT2D eigenvalue weighted by atomic mass is 32.1. The number of pyridine rings is 1. The van der Waals surface area contributed by atoms with Crippen LogP contribution in [0.25, 0.3) is 5.70 Å². The first-order valence-corrected chi connectivity index (χ1v) is 8.49. The summed E-state index contributed by atoms with van der Waals surface area (Å²) in [6.45, 7) is 7.38. The molecular weight excluding hydrogens is 356 g/mol. The van der Waals surface area contributed by atoms with Gasteiger partial charge in [-0.1, -0.05) is 39.1 Å². The number of nitro groups is 1. The Morgan fingerprint density at radius 1 is 1.27 bits per heavy atom. The minimum atomic E-state index is -0.830. The van der Waals surface area contributed by atoms with Crippen LogP contribution in [0, 0.1) is 21.4 Å². The summed E-state index contributed by atoms with van der Waals surface area (Å²) >= 11 is 5.40. The van der Waals surface area contributed by atoms with E-state index in [0.717, 1.165) is 0 Å². The lowest BCUT2D eigenvalue weighted by atomic mass is 9.74. The van der Waals surface area contributed by atoms with Gasteiger partial charge in [-0.15, -0.1) is 0 Å². The van der Waals surface area contributed by atoms with Crippen LogP contribution in [-0.4, -0.2) is 26.4 Å². The lowest BCUT2D eigenvalue weighted by Gasteiger charge is -2.35. The van der Waals surface area contributed by atoms with Crippen LogP contribution in [0.1, 0.15) is 27.7 Å². The molecule has 1 aromatic heterocycles. The smallest absolute Gasteiger partial charge is 0.347 e. The van der Waals surface area contributed by atoms with Gasteiger partial charge in [0.25, 0.3) is 5.56 Å². The molecule has 0 fully saturated rings. The van der Waals surface area contributed by atoms with E-state index in [1.165, 1.54) is 16.8 Å². The second-order valence-corrected chi connectivity index (χ2v) is 7.89. The summed E-state index contributed by atoms with van der Waals surface area (Å²) in [6.07, 6.45) is 0.807. The monoisotopic (exact) mass is 374 g/mol. The van der Waals surface area contributed by atoms with Crippen molar-refractivity contribution in [2.45, 2.75) is 33.8 Å². The predicted octanol–water partition coefficient (Wildman–Crippen LogP) is 2.58. The molecule has 1 aliphatic carbocycles. The molecule has 2 unspecified atom stereocenters. The average molecular weight is 374 g/mol. The Morgan fingerprint density at radius 3 is 2.46 bits per heavy atom. The summed E-state index contributed by atoms with van der Waals surface area (Å²) in [5, 5.41) is 11.7. The van der Waals surface area contributed by atoms with Gasteiger partial charge in [0, 0.05) is 12.3 Å². The van der Waals surface area contributed by atoms with E-state index in [0.29, 0.717) is 5.57 Å². The summed E-state index contributed by atoms with van der Waals surface area (Å²) in [5.74, 6) is -1.48. The molecule has 0 aromatic carbocycles. The first-order valence-electron chi connectivity index (χ1n) is 8.08. The highest BCUT2D eigenvalue weighted by Crippen LogP contribution is 2.46. The Balaban J connectivity index is 2.42. The molecule has 4 rings (SSSR count). The Morgan fingerprint density at radius 2 is 1.92 bits per heavy atom. The summed E-state index contributed by atoms with van der Waals surface area (Å²) in [6, 6.07) is 4.51. The third-order valence-corrected chi connectivity index (χ3v) is 5.12. The largest absolute Gasteiger partial charge is 0.457 e. The molecule has 2 atom stereocenters. The molecule has 0 saturated heterocycles. The number of fused-ring (bicyclic) bond motifs is 3. The number of ether oxygens (including phenoxy) is 1. The van der Waals surface area contributed by atoms with Crippen LogP contribution in [0.4, 0.5) is 0 Å². The van der Waals surface area contributed by atoms with Gasteiger partial charge in [0.05, 0.1) is 16.5 Å². The molecular formula is C18H18N2O5S. The van der Waals surface area contributed by atoms with Crippen molar-refractivity contribution in [3.63, 3.8) is 0 Å². The lowest BCUT2D eigenvalue weighted by Crippen LogP contribution is -2.41. The van der Waals surface area contributed by atoms with E-state index in [9.17, 15) is 19.7 Å². The molecule has 2 aliphatic heterocycles. The summed E-state index contributed by atoms with van der Waals surface area (Å²) in [7, 11) is 0. The topological polar surface area (TPSA) is 91.4 Å². The van der Waals surface area contributed by atoms with Crippen molar-refractivity contribution in [1.29, 1.82) is 0 Å². The zero-order valence-electron chi connectivity index (χ0n) is 14.8. The number of carbonyl (C=O) groups is 1. The van der Waals surface area contributed by atoms with Crippen LogP contribution >= 0.6 is 12.2 Å². The van der Waals surface area contributed by atoms with Gasteiger partial charge in [0.15, 0.2) is 5.57 Å².